The van der Waals surface area contributed by atoms with Crippen molar-refractivity contribution >= 4 is 17.3 Å². The molecular weight excluding hydrogens is 377 g/mol. The van der Waals surface area contributed by atoms with E-state index < -0.39 is 23.6 Å². The van der Waals surface area contributed by atoms with Crippen molar-refractivity contribution in [3.8, 4) is 0 Å². The lowest BCUT2D eigenvalue weighted by Gasteiger charge is -2.14. The Morgan fingerprint density at radius 3 is 2.93 bits per heavy atom. The normalized spacial score (nSPS) is 16.3. The summed E-state index contributed by atoms with van der Waals surface area (Å²) >= 11 is 0. The number of nitrogens with one attached hydrogen (secondary N) is 3. The van der Waals surface area contributed by atoms with Gasteiger partial charge in [-0.3, -0.25) is 9.89 Å². The first kappa shape index (κ1) is 19.2. The lowest BCUT2D eigenvalue weighted by Crippen LogP contribution is -2.23. The highest BCUT2D eigenvalue weighted by molar-refractivity contribution is 6.21. The summed E-state index contributed by atoms with van der Waals surface area (Å²) in [5.41, 5.74) is 11.1. The molecule has 0 saturated heterocycles. The van der Waals surface area contributed by atoms with Gasteiger partial charge >= 0.3 is 6.18 Å². The second-order valence-corrected chi connectivity index (χ2v) is 5.92. The number of carbonyl (C=O) groups is 1. The van der Waals surface area contributed by atoms with E-state index in [0.717, 1.165) is 12.1 Å². The van der Waals surface area contributed by atoms with Crippen LogP contribution >= 0.6 is 0 Å². The van der Waals surface area contributed by atoms with Gasteiger partial charge in [-0.15, -0.1) is 0 Å². The fourth-order valence-electron chi connectivity index (χ4n) is 2.81. The second kappa shape index (κ2) is 8.01. The van der Waals surface area contributed by atoms with Gasteiger partial charge in [-0.05, 0) is 23.6 Å². The van der Waals surface area contributed by atoms with Gasteiger partial charge in [0.15, 0.2) is 0 Å². The van der Waals surface area contributed by atoms with Crippen molar-refractivity contribution in [2.75, 3.05) is 18.4 Å². The first-order chi connectivity index (χ1) is 13.4. The highest BCUT2D eigenvalue weighted by atomic mass is 19.4. The van der Waals surface area contributed by atoms with Crippen LogP contribution in [0.5, 0.6) is 0 Å². The molecule has 1 amide bonds. The fraction of sp³-hybridized carbons (Fsp3) is 0.312. The number of hydrogen-bond donors (Lipinski definition) is 3. The minimum Gasteiger partial charge on any atom is -0.382 e. The lowest BCUT2D eigenvalue weighted by atomic mass is 9.91. The van der Waals surface area contributed by atoms with Gasteiger partial charge in [0, 0.05) is 18.0 Å². The summed E-state index contributed by atoms with van der Waals surface area (Å²) in [5.74, 6) is -1.54. The van der Waals surface area contributed by atoms with Gasteiger partial charge in [0.2, 0.25) is 0 Å². The molecule has 1 aromatic carbocycles. The zero-order chi connectivity index (χ0) is 20.1. The minimum atomic E-state index is -4.52. The average molecular weight is 392 g/mol. The number of alkyl halides is 3. The Morgan fingerprint density at radius 2 is 2.18 bits per heavy atom. The predicted octanol–water partition coefficient (Wildman–Crippen LogP) is 3.16. The van der Waals surface area contributed by atoms with E-state index in [2.05, 4.69) is 36.1 Å². The molecule has 0 saturated carbocycles. The van der Waals surface area contributed by atoms with E-state index in [-0.39, 0.29) is 11.3 Å². The number of halogens is 3. The standard InChI is InChI=1S/C16H15F3N8O/c17-16(18,19)10-4-1-3-9(7-10)12-14(25-26-15(12)28)13-11(8-23-24-13)21-5-2-6-22-27-20/h1,3-4,7-8,12,21H,2,5-6H2,(H,23,24)(H,26,28). The predicted molar refractivity (Wildman–Crippen MR) is 94.6 cm³/mol. The first-order valence-corrected chi connectivity index (χ1v) is 8.25. The van der Waals surface area contributed by atoms with Crippen molar-refractivity contribution in [1.82, 2.24) is 15.6 Å². The fourth-order valence-corrected chi connectivity index (χ4v) is 2.81. The van der Waals surface area contributed by atoms with Gasteiger partial charge in [0.25, 0.3) is 5.91 Å². The van der Waals surface area contributed by atoms with Gasteiger partial charge in [-0.25, -0.2) is 5.43 Å². The van der Waals surface area contributed by atoms with Crippen LogP contribution in [0.15, 0.2) is 40.7 Å². The number of carbonyl (C=O) groups excluding carboxylic acids is 1. The van der Waals surface area contributed by atoms with Crippen molar-refractivity contribution in [2.24, 2.45) is 10.2 Å². The number of aromatic nitrogens is 2. The molecule has 1 aromatic heterocycles. The first-order valence-electron chi connectivity index (χ1n) is 8.25. The molecule has 12 heteroatoms. The van der Waals surface area contributed by atoms with Crippen molar-refractivity contribution in [3.63, 3.8) is 0 Å². The number of nitrogens with zero attached hydrogens (tertiary/aromatic N) is 5. The molecule has 0 aliphatic carbocycles. The van der Waals surface area contributed by atoms with E-state index in [9.17, 15) is 18.0 Å². The summed E-state index contributed by atoms with van der Waals surface area (Å²) in [4.78, 5) is 14.9. The lowest BCUT2D eigenvalue weighted by molar-refractivity contribution is -0.137. The Labute approximate surface area is 156 Å². The molecule has 2 aromatic rings. The van der Waals surface area contributed by atoms with Crippen molar-refractivity contribution in [2.45, 2.75) is 18.5 Å². The summed E-state index contributed by atoms with van der Waals surface area (Å²) < 4.78 is 39.1. The van der Waals surface area contributed by atoms with E-state index in [1.54, 1.807) is 0 Å². The van der Waals surface area contributed by atoms with Crippen LogP contribution in [-0.4, -0.2) is 34.9 Å². The summed E-state index contributed by atoms with van der Waals surface area (Å²) in [6, 6.07) is 4.58. The highest BCUT2D eigenvalue weighted by Crippen LogP contribution is 2.33. The Hall–Kier alpha value is -3.53. The number of amides is 1. The third-order valence-corrected chi connectivity index (χ3v) is 4.08. The van der Waals surface area contributed by atoms with Crippen LogP contribution in [0, 0.1) is 0 Å². The SMILES string of the molecule is [N-]=[N+]=NCCCNc1cn[nH]c1C1=NNC(=O)C1c1cccc(C(F)(F)F)c1. The van der Waals surface area contributed by atoms with Crippen LogP contribution in [0.25, 0.3) is 10.4 Å². The molecule has 3 N–H and O–H groups in total. The smallest absolute Gasteiger partial charge is 0.382 e. The molecule has 3 rings (SSSR count). The number of hydrazone groups is 1. The Bertz CT molecular complexity index is 945. The quantitative estimate of drug-likeness (QED) is 0.289. The molecule has 1 unspecified atom stereocenters. The summed E-state index contributed by atoms with van der Waals surface area (Å²) in [6.45, 7) is 0.777. The van der Waals surface area contributed by atoms with Crippen LogP contribution in [0.2, 0.25) is 0 Å². The van der Waals surface area contributed by atoms with Gasteiger partial charge in [-0.2, -0.15) is 23.4 Å². The van der Waals surface area contributed by atoms with E-state index in [1.165, 1.54) is 18.3 Å². The van der Waals surface area contributed by atoms with E-state index >= 15 is 0 Å². The second-order valence-electron chi connectivity index (χ2n) is 5.92. The largest absolute Gasteiger partial charge is 0.416 e. The number of rotatable bonds is 7. The van der Waals surface area contributed by atoms with Crippen LogP contribution in [0.4, 0.5) is 18.9 Å². The molecule has 0 spiro atoms. The van der Waals surface area contributed by atoms with E-state index in [0.29, 0.717) is 30.9 Å². The Balaban J connectivity index is 1.84. The number of H-pyrrole nitrogens is 1. The van der Waals surface area contributed by atoms with Crippen LogP contribution in [-0.2, 0) is 11.0 Å². The molecule has 1 aliphatic heterocycles. The van der Waals surface area contributed by atoms with Gasteiger partial charge in [0.05, 0.1) is 17.4 Å². The number of benzene rings is 1. The monoisotopic (exact) mass is 392 g/mol. The van der Waals surface area contributed by atoms with Crippen molar-refractivity contribution in [3.05, 3.63) is 57.7 Å². The molecule has 9 nitrogen and oxygen atoms in total. The summed E-state index contributed by atoms with van der Waals surface area (Å²) in [7, 11) is 0. The molecule has 1 atom stereocenters. The van der Waals surface area contributed by atoms with Gasteiger partial charge in [-0.1, -0.05) is 23.3 Å². The zero-order valence-electron chi connectivity index (χ0n) is 14.4. The molecule has 0 bridgehead atoms. The number of azide groups is 1. The summed E-state index contributed by atoms with van der Waals surface area (Å²) in [6.07, 6.45) is -2.47. The maximum absolute atomic E-state index is 13.0. The van der Waals surface area contributed by atoms with Crippen LogP contribution in [0.1, 0.15) is 29.2 Å². The highest BCUT2D eigenvalue weighted by Gasteiger charge is 2.37. The van der Waals surface area contributed by atoms with Crippen LogP contribution < -0.4 is 10.7 Å². The molecule has 0 radical (unpaired) electrons. The van der Waals surface area contributed by atoms with Crippen molar-refractivity contribution < 1.29 is 18.0 Å². The topological polar surface area (TPSA) is 131 Å². The molecule has 28 heavy (non-hydrogen) atoms. The molecular formula is C16H15F3N8O. The third-order valence-electron chi connectivity index (χ3n) is 4.08. The number of anilines is 1. The van der Waals surface area contributed by atoms with E-state index in [4.69, 9.17) is 5.53 Å². The maximum atomic E-state index is 13.0. The average Bonchev–Trinajstić information content (AvgIpc) is 3.27. The number of hydrogen-bond acceptors (Lipinski definition) is 5. The number of aromatic amines is 1. The summed E-state index contributed by atoms with van der Waals surface area (Å²) in [5, 5.41) is 17.1. The van der Waals surface area contributed by atoms with Crippen LogP contribution in [0.3, 0.4) is 0 Å². The molecule has 1 aliphatic rings. The van der Waals surface area contributed by atoms with Gasteiger partial charge < -0.3 is 5.32 Å². The maximum Gasteiger partial charge on any atom is 0.416 e. The Morgan fingerprint density at radius 1 is 1.36 bits per heavy atom. The molecule has 146 valence electrons. The van der Waals surface area contributed by atoms with E-state index in [1.807, 2.05) is 0 Å². The third kappa shape index (κ3) is 4.07. The van der Waals surface area contributed by atoms with Crippen molar-refractivity contribution in [1.29, 1.82) is 0 Å². The molecule has 0 fully saturated rings. The Kier molecular flexibility index (Phi) is 5.50. The zero-order valence-corrected chi connectivity index (χ0v) is 14.4. The molecule has 2 heterocycles. The minimum absolute atomic E-state index is 0.174. The van der Waals surface area contributed by atoms with Gasteiger partial charge in [0.1, 0.15) is 17.3 Å².